The fourth-order valence-electron chi connectivity index (χ4n) is 2.93. The van der Waals surface area contributed by atoms with Gasteiger partial charge in [-0.2, -0.15) is 13.2 Å². The summed E-state index contributed by atoms with van der Waals surface area (Å²) in [5.74, 6) is -0.0249. The van der Waals surface area contributed by atoms with Gasteiger partial charge in [-0.05, 0) is 55.3 Å². The van der Waals surface area contributed by atoms with Gasteiger partial charge in [0, 0.05) is 24.3 Å². The zero-order valence-electron chi connectivity index (χ0n) is 14.4. The Hall–Kier alpha value is -2.55. The number of nitrogens with zero attached hydrogens (tertiary/aromatic N) is 1. The molecule has 1 N–H and O–H groups in total. The third-order valence-electron chi connectivity index (χ3n) is 4.33. The van der Waals surface area contributed by atoms with Gasteiger partial charge >= 0.3 is 6.18 Å². The van der Waals surface area contributed by atoms with E-state index in [-0.39, 0.29) is 22.1 Å². The van der Waals surface area contributed by atoms with Crippen LogP contribution in [-0.2, 0) is 21.0 Å². The van der Waals surface area contributed by atoms with E-state index in [2.05, 4.69) is 4.72 Å². The van der Waals surface area contributed by atoms with Crippen LogP contribution in [0.25, 0.3) is 0 Å². The highest BCUT2D eigenvalue weighted by Crippen LogP contribution is 2.34. The van der Waals surface area contributed by atoms with Gasteiger partial charge in [0.2, 0.25) is 5.91 Å². The quantitative estimate of drug-likeness (QED) is 0.848. The third kappa shape index (κ3) is 4.08. The van der Waals surface area contributed by atoms with Crippen LogP contribution in [0, 0.1) is 6.92 Å². The maximum Gasteiger partial charge on any atom is 0.416 e. The zero-order valence-corrected chi connectivity index (χ0v) is 15.2. The monoisotopic (exact) mass is 398 g/mol. The molecule has 1 heterocycles. The van der Waals surface area contributed by atoms with E-state index < -0.39 is 21.8 Å². The van der Waals surface area contributed by atoms with Crippen molar-refractivity contribution >= 4 is 27.3 Å². The van der Waals surface area contributed by atoms with Gasteiger partial charge in [-0.15, -0.1) is 0 Å². The summed E-state index contributed by atoms with van der Waals surface area (Å²) < 4.78 is 66.1. The molecule has 2 aromatic rings. The number of hydrogen-bond acceptors (Lipinski definition) is 3. The molecule has 2 aromatic carbocycles. The van der Waals surface area contributed by atoms with Crippen LogP contribution in [0.1, 0.15) is 24.0 Å². The molecule has 0 aromatic heterocycles. The summed E-state index contributed by atoms with van der Waals surface area (Å²) in [6.45, 7) is 1.88. The van der Waals surface area contributed by atoms with E-state index in [1.165, 1.54) is 43.3 Å². The Balaban J connectivity index is 1.84. The summed E-state index contributed by atoms with van der Waals surface area (Å²) in [5, 5.41) is 0. The lowest BCUT2D eigenvalue weighted by atomic mass is 10.1. The molecule has 9 heteroatoms. The molecule has 1 fully saturated rings. The Morgan fingerprint density at radius 1 is 1.07 bits per heavy atom. The maximum absolute atomic E-state index is 13.0. The van der Waals surface area contributed by atoms with E-state index in [9.17, 15) is 26.4 Å². The topological polar surface area (TPSA) is 66.5 Å². The van der Waals surface area contributed by atoms with Crippen LogP contribution >= 0.6 is 0 Å². The minimum Gasteiger partial charge on any atom is -0.312 e. The Labute approximate surface area is 154 Å². The first-order chi connectivity index (χ1) is 12.6. The first-order valence-electron chi connectivity index (χ1n) is 8.19. The van der Waals surface area contributed by atoms with Gasteiger partial charge in [-0.3, -0.25) is 9.52 Å². The van der Waals surface area contributed by atoms with E-state index in [0.29, 0.717) is 18.7 Å². The molecular formula is C18H17F3N2O3S. The molecule has 0 unspecified atom stereocenters. The number of benzene rings is 2. The fourth-order valence-corrected chi connectivity index (χ4v) is 3.98. The number of amides is 1. The molecule has 5 nitrogen and oxygen atoms in total. The largest absolute Gasteiger partial charge is 0.416 e. The molecule has 0 saturated carbocycles. The van der Waals surface area contributed by atoms with Crippen LogP contribution in [0.15, 0.2) is 47.4 Å². The number of halogens is 3. The number of anilines is 2. The Morgan fingerprint density at radius 3 is 2.30 bits per heavy atom. The molecule has 3 rings (SSSR count). The van der Waals surface area contributed by atoms with Crippen molar-refractivity contribution in [2.24, 2.45) is 0 Å². The second kappa shape index (κ2) is 6.88. The average Bonchev–Trinajstić information content (AvgIpc) is 3.01. The fraction of sp³-hybridized carbons (Fsp3) is 0.278. The number of nitrogens with one attached hydrogen (secondary N) is 1. The molecule has 144 valence electrons. The molecule has 0 atom stereocenters. The van der Waals surface area contributed by atoms with E-state index >= 15 is 0 Å². The van der Waals surface area contributed by atoms with Crippen LogP contribution in [0.2, 0.25) is 0 Å². The summed E-state index contributed by atoms with van der Waals surface area (Å²) in [4.78, 5) is 13.2. The summed E-state index contributed by atoms with van der Waals surface area (Å²) in [6, 6.07) is 8.92. The number of sulfonamides is 1. The molecule has 1 aliphatic rings. The summed E-state index contributed by atoms with van der Waals surface area (Å²) >= 11 is 0. The molecule has 0 radical (unpaired) electrons. The SMILES string of the molecule is Cc1ccc(NS(=O)(=O)c2ccc(N3CCCC3=O)cc2)cc1C(F)(F)F. The van der Waals surface area contributed by atoms with E-state index in [0.717, 1.165) is 12.5 Å². The third-order valence-corrected chi connectivity index (χ3v) is 5.72. The summed E-state index contributed by atoms with van der Waals surface area (Å²) in [5.41, 5.74) is -0.478. The number of rotatable bonds is 4. The van der Waals surface area contributed by atoms with Crippen molar-refractivity contribution in [3.63, 3.8) is 0 Å². The number of carbonyl (C=O) groups excluding carboxylic acids is 1. The maximum atomic E-state index is 13.0. The Morgan fingerprint density at radius 2 is 1.74 bits per heavy atom. The van der Waals surface area contributed by atoms with Crippen molar-refractivity contribution in [1.82, 2.24) is 0 Å². The zero-order chi connectivity index (χ0) is 19.8. The Kier molecular flexibility index (Phi) is 4.90. The summed E-state index contributed by atoms with van der Waals surface area (Å²) in [6.07, 6.45) is -3.37. The van der Waals surface area contributed by atoms with Crippen molar-refractivity contribution in [2.45, 2.75) is 30.8 Å². The molecule has 0 bridgehead atoms. The normalized spacial score (nSPS) is 15.3. The Bertz CT molecular complexity index is 970. The number of alkyl halides is 3. The van der Waals surface area contributed by atoms with Crippen molar-refractivity contribution in [1.29, 1.82) is 0 Å². The van der Waals surface area contributed by atoms with Crippen LogP contribution in [0.4, 0.5) is 24.5 Å². The highest BCUT2D eigenvalue weighted by atomic mass is 32.2. The molecule has 0 aliphatic carbocycles. The summed E-state index contributed by atoms with van der Waals surface area (Å²) in [7, 11) is -4.06. The minimum atomic E-state index is -4.57. The van der Waals surface area contributed by atoms with Gasteiger partial charge in [0.15, 0.2) is 0 Å². The van der Waals surface area contributed by atoms with Gasteiger partial charge in [0.25, 0.3) is 10.0 Å². The predicted octanol–water partition coefficient (Wildman–Crippen LogP) is 3.94. The number of hydrogen-bond donors (Lipinski definition) is 1. The lowest BCUT2D eigenvalue weighted by Crippen LogP contribution is -2.23. The first kappa shape index (κ1) is 19.2. The smallest absolute Gasteiger partial charge is 0.312 e. The van der Waals surface area contributed by atoms with E-state index in [1.807, 2.05) is 0 Å². The molecular weight excluding hydrogens is 381 g/mol. The first-order valence-corrected chi connectivity index (χ1v) is 9.67. The van der Waals surface area contributed by atoms with Crippen molar-refractivity contribution in [3.05, 3.63) is 53.6 Å². The lowest BCUT2D eigenvalue weighted by Gasteiger charge is -2.16. The highest BCUT2D eigenvalue weighted by Gasteiger charge is 2.33. The van der Waals surface area contributed by atoms with Gasteiger partial charge in [0.1, 0.15) is 0 Å². The molecule has 0 spiro atoms. The number of aryl methyl sites for hydroxylation is 1. The van der Waals surface area contributed by atoms with E-state index in [4.69, 9.17) is 0 Å². The van der Waals surface area contributed by atoms with Crippen molar-refractivity contribution < 1.29 is 26.4 Å². The van der Waals surface area contributed by atoms with Gasteiger partial charge in [-0.1, -0.05) is 6.07 Å². The molecule has 1 amide bonds. The van der Waals surface area contributed by atoms with Crippen LogP contribution in [0.3, 0.4) is 0 Å². The van der Waals surface area contributed by atoms with Crippen molar-refractivity contribution in [2.75, 3.05) is 16.2 Å². The molecule has 1 aliphatic heterocycles. The second-order valence-electron chi connectivity index (χ2n) is 6.28. The van der Waals surface area contributed by atoms with Gasteiger partial charge in [-0.25, -0.2) is 8.42 Å². The standard InChI is InChI=1S/C18H17F3N2O3S/c1-12-4-5-13(11-16(12)18(19,20)21)22-27(25,26)15-8-6-14(7-9-15)23-10-2-3-17(23)24/h4-9,11,22H,2-3,10H2,1H3. The van der Waals surface area contributed by atoms with Crippen LogP contribution < -0.4 is 9.62 Å². The van der Waals surface area contributed by atoms with E-state index in [1.54, 1.807) is 4.90 Å². The second-order valence-corrected chi connectivity index (χ2v) is 7.96. The number of carbonyl (C=O) groups is 1. The van der Waals surface area contributed by atoms with Gasteiger partial charge < -0.3 is 4.90 Å². The lowest BCUT2D eigenvalue weighted by molar-refractivity contribution is -0.138. The van der Waals surface area contributed by atoms with Crippen LogP contribution in [0.5, 0.6) is 0 Å². The highest BCUT2D eigenvalue weighted by molar-refractivity contribution is 7.92. The average molecular weight is 398 g/mol. The van der Waals surface area contributed by atoms with Crippen molar-refractivity contribution in [3.8, 4) is 0 Å². The molecule has 27 heavy (non-hydrogen) atoms. The molecule has 1 saturated heterocycles. The van der Waals surface area contributed by atoms with Crippen LogP contribution in [-0.4, -0.2) is 20.9 Å². The minimum absolute atomic E-state index is 0.00470. The predicted molar refractivity (Wildman–Crippen MR) is 95.0 cm³/mol. The van der Waals surface area contributed by atoms with Gasteiger partial charge in [0.05, 0.1) is 10.5 Å².